The van der Waals surface area contributed by atoms with Gasteiger partial charge in [0.25, 0.3) is 0 Å². The van der Waals surface area contributed by atoms with Crippen LogP contribution in [0.2, 0.25) is 0 Å². The number of nitrogens with one attached hydrogen (secondary N) is 1. The zero-order valence-corrected chi connectivity index (χ0v) is 18.5. The summed E-state index contributed by atoms with van der Waals surface area (Å²) in [5, 5.41) is 2.72. The van der Waals surface area contributed by atoms with E-state index in [4.69, 9.17) is 0 Å². The van der Waals surface area contributed by atoms with E-state index >= 15 is 0 Å². The van der Waals surface area contributed by atoms with E-state index in [1.807, 2.05) is 0 Å². The summed E-state index contributed by atoms with van der Waals surface area (Å²) in [4.78, 5) is 12.5. The van der Waals surface area contributed by atoms with E-state index in [0.29, 0.717) is 18.9 Å². The van der Waals surface area contributed by atoms with Crippen molar-refractivity contribution in [1.29, 1.82) is 0 Å². The summed E-state index contributed by atoms with van der Waals surface area (Å²) in [6.45, 7) is 6.03. The number of rotatable bonds is 9. The molecule has 0 fully saturated rings. The Morgan fingerprint density at radius 2 is 1.67 bits per heavy atom. The number of sulfonamides is 1. The lowest BCUT2D eigenvalue weighted by Crippen LogP contribution is -2.48. The third-order valence-electron chi connectivity index (χ3n) is 4.83. The number of anilines is 1. The number of nitrogens with zero attached hydrogens (tertiary/aromatic N) is 1. The van der Waals surface area contributed by atoms with Crippen LogP contribution in [0, 0.1) is 11.6 Å². The minimum Gasteiger partial charge on any atom is -0.354 e. The predicted octanol–water partition coefficient (Wildman–Crippen LogP) is 3.99. The Morgan fingerprint density at radius 1 is 1.03 bits per heavy atom. The standard InChI is InChI=1S/C22H28F2N2O3S/c1-15(2)18-9-7-17(8-10-18)6-5-13-25-22(27)16(3)26(30(4,28)29)19-11-12-20(23)21(24)14-19/h7-12,14-16H,5-6,13H2,1-4H3,(H,25,27). The van der Waals surface area contributed by atoms with Gasteiger partial charge >= 0.3 is 0 Å². The molecule has 30 heavy (non-hydrogen) atoms. The fourth-order valence-electron chi connectivity index (χ4n) is 3.15. The SMILES string of the molecule is CC(C)c1ccc(CCCNC(=O)C(C)N(c2ccc(F)c(F)c2)S(C)(=O)=O)cc1. The zero-order valence-electron chi connectivity index (χ0n) is 17.7. The van der Waals surface area contributed by atoms with Crippen LogP contribution in [0.4, 0.5) is 14.5 Å². The number of halogens is 2. The molecule has 0 bridgehead atoms. The van der Waals surface area contributed by atoms with Crippen molar-refractivity contribution >= 4 is 21.6 Å². The number of carbonyl (C=O) groups is 1. The average molecular weight is 439 g/mol. The van der Waals surface area contributed by atoms with E-state index in [0.717, 1.165) is 40.7 Å². The maximum absolute atomic E-state index is 13.6. The Kier molecular flexibility index (Phi) is 7.95. The number of hydrogen-bond acceptors (Lipinski definition) is 3. The molecule has 8 heteroatoms. The molecular weight excluding hydrogens is 410 g/mol. The summed E-state index contributed by atoms with van der Waals surface area (Å²) in [6.07, 6.45) is 2.37. The van der Waals surface area contributed by atoms with Crippen molar-refractivity contribution in [1.82, 2.24) is 5.32 Å². The monoisotopic (exact) mass is 438 g/mol. The Hall–Kier alpha value is -2.48. The second-order valence-electron chi connectivity index (χ2n) is 7.62. The number of benzene rings is 2. The summed E-state index contributed by atoms with van der Waals surface area (Å²) in [6, 6.07) is 9.92. The maximum atomic E-state index is 13.6. The molecule has 2 rings (SSSR count). The first-order valence-corrected chi connectivity index (χ1v) is 11.7. The predicted molar refractivity (Wildman–Crippen MR) is 115 cm³/mol. The molecule has 0 spiro atoms. The second kappa shape index (κ2) is 10.0. The Balaban J connectivity index is 1.97. The van der Waals surface area contributed by atoms with Crippen LogP contribution in [0.25, 0.3) is 0 Å². The smallest absolute Gasteiger partial charge is 0.243 e. The lowest BCUT2D eigenvalue weighted by atomic mass is 10.0. The molecule has 0 aliphatic rings. The first-order chi connectivity index (χ1) is 14.0. The second-order valence-corrected chi connectivity index (χ2v) is 9.48. The highest BCUT2D eigenvalue weighted by Gasteiger charge is 2.29. The summed E-state index contributed by atoms with van der Waals surface area (Å²) in [5.41, 5.74) is 2.31. The van der Waals surface area contributed by atoms with Crippen LogP contribution in [0.1, 0.15) is 44.2 Å². The molecule has 0 saturated heterocycles. The van der Waals surface area contributed by atoms with E-state index < -0.39 is 33.6 Å². The highest BCUT2D eigenvalue weighted by atomic mass is 32.2. The molecule has 0 aliphatic carbocycles. The number of aryl methyl sites for hydroxylation is 1. The molecule has 0 heterocycles. The summed E-state index contributed by atoms with van der Waals surface area (Å²) >= 11 is 0. The minimum atomic E-state index is -3.89. The molecule has 1 unspecified atom stereocenters. The van der Waals surface area contributed by atoms with Gasteiger partial charge in [0, 0.05) is 12.6 Å². The van der Waals surface area contributed by atoms with E-state index in [9.17, 15) is 22.0 Å². The van der Waals surface area contributed by atoms with Crippen molar-refractivity contribution < 1.29 is 22.0 Å². The Morgan fingerprint density at radius 3 is 2.20 bits per heavy atom. The summed E-state index contributed by atoms with van der Waals surface area (Å²) < 4.78 is 52.0. The minimum absolute atomic E-state index is 0.107. The van der Waals surface area contributed by atoms with E-state index in [-0.39, 0.29) is 5.69 Å². The molecule has 164 valence electrons. The molecule has 1 N–H and O–H groups in total. The van der Waals surface area contributed by atoms with Gasteiger partial charge in [-0.25, -0.2) is 17.2 Å². The molecule has 2 aromatic carbocycles. The molecule has 1 atom stereocenters. The Bertz CT molecular complexity index is 976. The van der Waals surface area contributed by atoms with Crippen LogP contribution < -0.4 is 9.62 Å². The van der Waals surface area contributed by atoms with E-state index in [2.05, 4.69) is 43.4 Å². The van der Waals surface area contributed by atoms with Crippen LogP contribution >= 0.6 is 0 Å². The van der Waals surface area contributed by atoms with Crippen molar-refractivity contribution in [3.05, 3.63) is 65.2 Å². The number of hydrogen-bond donors (Lipinski definition) is 1. The third-order valence-corrected chi connectivity index (χ3v) is 6.08. The molecule has 0 aliphatic heterocycles. The van der Waals surface area contributed by atoms with Gasteiger partial charge in [0.2, 0.25) is 15.9 Å². The van der Waals surface area contributed by atoms with Crippen molar-refractivity contribution in [2.45, 2.75) is 45.6 Å². The molecule has 0 radical (unpaired) electrons. The quantitative estimate of drug-likeness (QED) is 0.602. The van der Waals surface area contributed by atoms with Gasteiger partial charge in [-0.1, -0.05) is 38.1 Å². The normalized spacial score (nSPS) is 12.6. The zero-order chi connectivity index (χ0) is 22.5. The van der Waals surface area contributed by atoms with Gasteiger partial charge in [0.15, 0.2) is 11.6 Å². The van der Waals surface area contributed by atoms with Gasteiger partial charge in [-0.3, -0.25) is 9.10 Å². The first kappa shape index (κ1) is 23.8. The average Bonchev–Trinajstić information content (AvgIpc) is 2.67. The number of amides is 1. The van der Waals surface area contributed by atoms with Gasteiger partial charge in [-0.15, -0.1) is 0 Å². The molecule has 0 saturated carbocycles. The van der Waals surface area contributed by atoms with Crippen LogP contribution in [0.3, 0.4) is 0 Å². The summed E-state index contributed by atoms with van der Waals surface area (Å²) in [7, 11) is -3.89. The van der Waals surface area contributed by atoms with Gasteiger partial charge < -0.3 is 5.32 Å². The third kappa shape index (κ3) is 6.26. The van der Waals surface area contributed by atoms with Gasteiger partial charge in [0.1, 0.15) is 6.04 Å². The lowest BCUT2D eigenvalue weighted by molar-refractivity contribution is -0.121. The summed E-state index contributed by atoms with van der Waals surface area (Å²) in [5.74, 6) is -2.32. The van der Waals surface area contributed by atoms with Crippen molar-refractivity contribution in [2.75, 3.05) is 17.1 Å². The molecular formula is C22H28F2N2O3S. The van der Waals surface area contributed by atoms with Crippen molar-refractivity contribution in [2.24, 2.45) is 0 Å². The maximum Gasteiger partial charge on any atom is 0.243 e. The molecule has 0 aromatic heterocycles. The fourth-order valence-corrected chi connectivity index (χ4v) is 4.32. The van der Waals surface area contributed by atoms with E-state index in [1.165, 1.54) is 12.5 Å². The molecule has 5 nitrogen and oxygen atoms in total. The molecule has 1 amide bonds. The Labute approximate surface area is 177 Å². The van der Waals surface area contributed by atoms with Crippen LogP contribution in [0.5, 0.6) is 0 Å². The van der Waals surface area contributed by atoms with Crippen molar-refractivity contribution in [3.63, 3.8) is 0 Å². The van der Waals surface area contributed by atoms with E-state index in [1.54, 1.807) is 0 Å². The van der Waals surface area contributed by atoms with Crippen molar-refractivity contribution in [3.8, 4) is 0 Å². The van der Waals surface area contributed by atoms with Gasteiger partial charge in [-0.2, -0.15) is 0 Å². The van der Waals surface area contributed by atoms with Crippen LogP contribution in [-0.4, -0.2) is 33.2 Å². The highest BCUT2D eigenvalue weighted by molar-refractivity contribution is 7.92. The fraction of sp³-hybridized carbons (Fsp3) is 0.409. The first-order valence-electron chi connectivity index (χ1n) is 9.81. The highest BCUT2D eigenvalue weighted by Crippen LogP contribution is 2.23. The lowest BCUT2D eigenvalue weighted by Gasteiger charge is -2.28. The molecule has 2 aromatic rings. The van der Waals surface area contributed by atoms with Gasteiger partial charge in [-0.05, 0) is 48.9 Å². The number of carbonyl (C=O) groups excluding carboxylic acids is 1. The van der Waals surface area contributed by atoms with Crippen LogP contribution in [-0.2, 0) is 21.2 Å². The van der Waals surface area contributed by atoms with Crippen LogP contribution in [0.15, 0.2) is 42.5 Å². The van der Waals surface area contributed by atoms with Gasteiger partial charge in [0.05, 0.1) is 11.9 Å². The largest absolute Gasteiger partial charge is 0.354 e. The topological polar surface area (TPSA) is 66.5 Å².